The lowest BCUT2D eigenvalue weighted by Crippen LogP contribution is -2.43. The molecule has 1 aliphatic heterocycles. The van der Waals surface area contributed by atoms with E-state index in [-0.39, 0.29) is 12.6 Å². The average Bonchev–Trinajstić information content (AvgIpc) is 2.43. The van der Waals surface area contributed by atoms with Crippen LogP contribution in [-0.2, 0) is 10.2 Å². The summed E-state index contributed by atoms with van der Waals surface area (Å²) >= 11 is 0. The maximum Gasteiger partial charge on any atom is 0.279 e. The highest BCUT2D eigenvalue weighted by atomic mass is 32.2. The van der Waals surface area contributed by atoms with Crippen LogP contribution in [0.15, 0.2) is 0 Å². The molecule has 1 unspecified atom stereocenters. The van der Waals surface area contributed by atoms with Gasteiger partial charge in [-0.1, -0.05) is 0 Å². The summed E-state index contributed by atoms with van der Waals surface area (Å²) in [4.78, 5) is 2.31. The van der Waals surface area contributed by atoms with Crippen molar-refractivity contribution in [2.24, 2.45) is 5.92 Å². The Morgan fingerprint density at radius 1 is 1.45 bits per heavy atom. The zero-order valence-electron chi connectivity index (χ0n) is 12.9. The van der Waals surface area contributed by atoms with Crippen LogP contribution in [0.1, 0.15) is 33.1 Å². The van der Waals surface area contributed by atoms with E-state index in [4.69, 9.17) is 0 Å². The molecule has 0 aromatic carbocycles. The number of aliphatic hydroxyl groups is 1. The topological polar surface area (TPSA) is 72.9 Å². The van der Waals surface area contributed by atoms with Crippen molar-refractivity contribution in [3.05, 3.63) is 0 Å². The zero-order chi connectivity index (χ0) is 15.2. The van der Waals surface area contributed by atoms with Crippen molar-refractivity contribution < 1.29 is 13.5 Å². The highest BCUT2D eigenvalue weighted by Crippen LogP contribution is 2.15. The summed E-state index contributed by atoms with van der Waals surface area (Å²) in [6.45, 7) is 7.26. The molecule has 1 aliphatic rings. The van der Waals surface area contributed by atoms with Gasteiger partial charge in [0.1, 0.15) is 0 Å². The lowest BCUT2D eigenvalue weighted by Gasteiger charge is -2.31. The summed E-state index contributed by atoms with van der Waals surface area (Å²) in [5.74, 6) is 0.382. The largest absolute Gasteiger partial charge is 0.396 e. The standard InChI is InChI=1S/C13H29N3O3S/c1-12(2)15(3)20(18,19)14-7-5-9-16-8-4-6-13(10-16)11-17/h12-14,17H,4-11H2,1-3H3. The molecule has 1 atom stereocenters. The van der Waals surface area contributed by atoms with Crippen molar-refractivity contribution in [1.29, 1.82) is 0 Å². The Balaban J connectivity index is 2.24. The van der Waals surface area contributed by atoms with Gasteiger partial charge in [0, 0.05) is 32.8 Å². The molecule has 1 rings (SSSR count). The van der Waals surface area contributed by atoms with E-state index in [0.717, 1.165) is 38.9 Å². The van der Waals surface area contributed by atoms with Gasteiger partial charge in [0.05, 0.1) is 0 Å². The third-order valence-corrected chi connectivity index (χ3v) is 5.65. The van der Waals surface area contributed by atoms with Crippen LogP contribution in [0.5, 0.6) is 0 Å². The fourth-order valence-electron chi connectivity index (χ4n) is 2.39. The molecule has 6 nitrogen and oxygen atoms in total. The number of hydrogen-bond donors (Lipinski definition) is 2. The first-order valence-corrected chi connectivity index (χ1v) is 8.86. The molecule has 1 saturated heterocycles. The molecule has 0 radical (unpaired) electrons. The van der Waals surface area contributed by atoms with Crippen LogP contribution >= 0.6 is 0 Å². The van der Waals surface area contributed by atoms with Gasteiger partial charge in [0.15, 0.2) is 0 Å². The van der Waals surface area contributed by atoms with Crippen LogP contribution in [-0.4, -0.2) is 68.6 Å². The van der Waals surface area contributed by atoms with E-state index < -0.39 is 10.2 Å². The van der Waals surface area contributed by atoms with Crippen molar-refractivity contribution in [3.63, 3.8) is 0 Å². The molecule has 1 heterocycles. The Hall–Kier alpha value is -0.210. The molecule has 20 heavy (non-hydrogen) atoms. The lowest BCUT2D eigenvalue weighted by atomic mass is 9.99. The van der Waals surface area contributed by atoms with Gasteiger partial charge in [-0.2, -0.15) is 12.7 Å². The molecule has 0 aliphatic carbocycles. The third kappa shape index (κ3) is 5.65. The van der Waals surface area contributed by atoms with Crippen molar-refractivity contribution in [2.45, 2.75) is 39.2 Å². The number of hydrogen-bond acceptors (Lipinski definition) is 4. The number of nitrogens with zero attached hydrogens (tertiary/aromatic N) is 2. The summed E-state index contributed by atoms with van der Waals surface area (Å²) in [6.07, 6.45) is 3.01. The van der Waals surface area contributed by atoms with Crippen LogP contribution in [0, 0.1) is 5.92 Å². The fraction of sp³-hybridized carbons (Fsp3) is 1.00. The zero-order valence-corrected chi connectivity index (χ0v) is 13.7. The molecular weight excluding hydrogens is 278 g/mol. The molecule has 0 aromatic heterocycles. The minimum absolute atomic E-state index is 0.0418. The van der Waals surface area contributed by atoms with E-state index in [1.807, 2.05) is 13.8 Å². The Morgan fingerprint density at radius 3 is 2.75 bits per heavy atom. The van der Waals surface area contributed by atoms with Gasteiger partial charge in [0.25, 0.3) is 10.2 Å². The molecular formula is C13H29N3O3S. The molecule has 0 saturated carbocycles. The molecule has 7 heteroatoms. The van der Waals surface area contributed by atoms with Gasteiger partial charge >= 0.3 is 0 Å². The molecule has 120 valence electrons. The first kappa shape index (κ1) is 17.8. The number of likely N-dealkylation sites (tertiary alicyclic amines) is 1. The Morgan fingerprint density at radius 2 is 2.15 bits per heavy atom. The van der Waals surface area contributed by atoms with Crippen molar-refractivity contribution in [2.75, 3.05) is 39.8 Å². The molecule has 2 N–H and O–H groups in total. The van der Waals surface area contributed by atoms with Crippen LogP contribution in [0.25, 0.3) is 0 Å². The van der Waals surface area contributed by atoms with Crippen molar-refractivity contribution in [3.8, 4) is 0 Å². The van der Waals surface area contributed by atoms with Gasteiger partial charge in [-0.25, -0.2) is 4.72 Å². The number of aliphatic hydroxyl groups excluding tert-OH is 1. The second-order valence-corrected chi connectivity index (χ2v) is 7.67. The van der Waals surface area contributed by atoms with Crippen molar-refractivity contribution in [1.82, 2.24) is 13.9 Å². The molecule has 0 bridgehead atoms. The highest BCUT2D eigenvalue weighted by molar-refractivity contribution is 7.87. The third-order valence-electron chi connectivity index (χ3n) is 3.90. The summed E-state index contributed by atoms with van der Waals surface area (Å²) in [6, 6.07) is -0.0418. The summed E-state index contributed by atoms with van der Waals surface area (Å²) in [7, 11) is -1.77. The van der Waals surface area contributed by atoms with Gasteiger partial charge in [-0.3, -0.25) is 0 Å². The molecule has 0 aromatic rings. The number of rotatable bonds is 8. The second kappa shape index (κ2) is 8.29. The van der Waals surface area contributed by atoms with Gasteiger partial charge in [0.2, 0.25) is 0 Å². The first-order valence-electron chi connectivity index (χ1n) is 7.42. The Kier molecular flexibility index (Phi) is 7.39. The van der Waals surface area contributed by atoms with Crippen LogP contribution in [0.2, 0.25) is 0 Å². The van der Waals surface area contributed by atoms with Crippen molar-refractivity contribution >= 4 is 10.2 Å². The van der Waals surface area contributed by atoms with E-state index >= 15 is 0 Å². The lowest BCUT2D eigenvalue weighted by molar-refractivity contribution is 0.120. The SMILES string of the molecule is CC(C)N(C)S(=O)(=O)NCCCN1CCCC(CO)C1. The smallest absolute Gasteiger partial charge is 0.279 e. The fourth-order valence-corrected chi connectivity index (χ4v) is 3.55. The van der Waals surface area contributed by atoms with Crippen LogP contribution < -0.4 is 4.72 Å². The number of nitrogens with one attached hydrogen (secondary N) is 1. The predicted molar refractivity (Wildman–Crippen MR) is 80.7 cm³/mol. The van der Waals surface area contributed by atoms with E-state index in [1.54, 1.807) is 7.05 Å². The van der Waals surface area contributed by atoms with Gasteiger partial charge in [-0.05, 0) is 52.1 Å². The van der Waals surface area contributed by atoms with E-state index in [1.165, 1.54) is 4.31 Å². The summed E-state index contributed by atoms with van der Waals surface area (Å²) in [5.41, 5.74) is 0. The minimum Gasteiger partial charge on any atom is -0.396 e. The Bertz CT molecular complexity index is 373. The predicted octanol–water partition coefficient (Wildman–Crippen LogP) is 0.255. The van der Waals surface area contributed by atoms with E-state index in [9.17, 15) is 13.5 Å². The quantitative estimate of drug-likeness (QED) is 0.631. The van der Waals surface area contributed by atoms with Crippen LogP contribution in [0.4, 0.5) is 0 Å². The average molecular weight is 307 g/mol. The maximum absolute atomic E-state index is 11.9. The summed E-state index contributed by atoms with van der Waals surface area (Å²) < 4.78 is 27.7. The van der Waals surface area contributed by atoms with Gasteiger partial charge in [-0.15, -0.1) is 0 Å². The molecule has 1 fully saturated rings. The normalized spacial score (nSPS) is 21.8. The minimum atomic E-state index is -3.35. The Labute approximate surface area is 123 Å². The van der Waals surface area contributed by atoms with Crippen LogP contribution in [0.3, 0.4) is 0 Å². The highest BCUT2D eigenvalue weighted by Gasteiger charge is 2.21. The molecule has 0 spiro atoms. The van der Waals surface area contributed by atoms with E-state index in [2.05, 4.69) is 9.62 Å². The number of piperidine rings is 1. The second-order valence-electron chi connectivity index (χ2n) is 5.85. The van der Waals surface area contributed by atoms with E-state index in [0.29, 0.717) is 12.5 Å². The maximum atomic E-state index is 11.9. The monoisotopic (exact) mass is 307 g/mol. The molecule has 0 amide bonds. The van der Waals surface area contributed by atoms with Gasteiger partial charge < -0.3 is 10.0 Å². The summed E-state index contributed by atoms with van der Waals surface area (Å²) in [5, 5.41) is 9.18. The first-order chi connectivity index (χ1) is 9.36.